The summed E-state index contributed by atoms with van der Waals surface area (Å²) in [6.45, 7) is 6.12. The van der Waals surface area contributed by atoms with Crippen molar-refractivity contribution in [1.29, 1.82) is 0 Å². The first kappa shape index (κ1) is 21.0. The van der Waals surface area contributed by atoms with Gasteiger partial charge < -0.3 is 16.0 Å². The third-order valence-electron chi connectivity index (χ3n) is 6.06. The Labute approximate surface area is 182 Å². The molecule has 1 aromatic rings. The fourth-order valence-electron chi connectivity index (χ4n) is 4.07. The van der Waals surface area contributed by atoms with E-state index < -0.39 is 0 Å². The molecule has 1 fully saturated rings. The molecule has 0 spiro atoms. The molecule has 31 heavy (non-hydrogen) atoms. The Balaban J connectivity index is 1.67. The van der Waals surface area contributed by atoms with Crippen molar-refractivity contribution in [2.75, 3.05) is 17.7 Å². The van der Waals surface area contributed by atoms with Gasteiger partial charge in [0, 0.05) is 48.3 Å². The smallest absolute Gasteiger partial charge is 0.254 e. The van der Waals surface area contributed by atoms with Gasteiger partial charge in [0.2, 0.25) is 5.91 Å². The second kappa shape index (κ2) is 8.13. The first-order valence-electron chi connectivity index (χ1n) is 10.8. The molecule has 2 unspecified atom stereocenters. The number of amides is 2. The maximum atomic E-state index is 13.2. The topological polar surface area (TPSA) is 100 Å². The molecule has 3 aliphatic rings. The molecule has 0 aromatic carbocycles. The van der Waals surface area contributed by atoms with Gasteiger partial charge in [-0.25, -0.2) is 4.98 Å². The molecule has 1 saturated carbocycles. The number of allylic oxidation sites excluding steroid dienone is 5. The lowest BCUT2D eigenvalue weighted by Crippen LogP contribution is -2.26. The van der Waals surface area contributed by atoms with E-state index in [0.29, 0.717) is 28.3 Å². The van der Waals surface area contributed by atoms with Gasteiger partial charge in [-0.2, -0.15) is 0 Å². The summed E-state index contributed by atoms with van der Waals surface area (Å²) in [6, 6.07) is 1.65. The highest BCUT2D eigenvalue weighted by Gasteiger charge is 2.35. The molecule has 4 rings (SSSR count). The van der Waals surface area contributed by atoms with E-state index >= 15 is 0 Å². The summed E-state index contributed by atoms with van der Waals surface area (Å²) in [5.74, 6) is 0.270. The number of rotatable bonds is 6. The third kappa shape index (κ3) is 4.04. The zero-order valence-corrected chi connectivity index (χ0v) is 18.3. The maximum Gasteiger partial charge on any atom is 0.254 e. The second-order valence-corrected chi connectivity index (χ2v) is 8.78. The van der Waals surface area contributed by atoms with Crippen LogP contribution in [0.4, 0.5) is 11.5 Å². The van der Waals surface area contributed by atoms with E-state index in [4.69, 9.17) is 0 Å². The first-order valence-corrected chi connectivity index (χ1v) is 10.8. The second-order valence-electron chi connectivity index (χ2n) is 8.78. The Bertz CT molecular complexity index is 1050. The highest BCUT2D eigenvalue weighted by atomic mass is 16.2. The lowest BCUT2D eigenvalue weighted by Gasteiger charge is -2.24. The number of ketones is 1. The summed E-state index contributed by atoms with van der Waals surface area (Å²) in [5, 5.41) is 8.73. The molecule has 3 N–H and O–H groups in total. The van der Waals surface area contributed by atoms with Crippen LogP contribution < -0.4 is 16.0 Å². The minimum absolute atomic E-state index is 0.0440. The van der Waals surface area contributed by atoms with E-state index in [2.05, 4.69) is 20.9 Å². The molecule has 1 aromatic heterocycles. The molecule has 1 heterocycles. The van der Waals surface area contributed by atoms with Gasteiger partial charge in [0.1, 0.15) is 5.82 Å². The Kier molecular flexibility index (Phi) is 5.52. The van der Waals surface area contributed by atoms with Gasteiger partial charge in [0.05, 0.1) is 11.3 Å². The van der Waals surface area contributed by atoms with Crippen LogP contribution in [0, 0.1) is 23.7 Å². The van der Waals surface area contributed by atoms with Gasteiger partial charge >= 0.3 is 0 Å². The number of nitrogens with zero attached hydrogens (tertiary/aromatic N) is 1. The van der Waals surface area contributed by atoms with E-state index in [1.807, 2.05) is 39.0 Å². The standard InChI is InChI=1S/C24H28N4O3/c1-12(2)15-7-8-16-13(3)9-19(21(16)22(15)29)27-18-10-20(28-23(30)14-5-6-14)26-11-17(18)24(31)25-4/h7-15H,5-6H2,1-4H3,(H,25,31)(H2,26,27,28,30). The van der Waals surface area contributed by atoms with Crippen molar-refractivity contribution >= 4 is 29.1 Å². The molecule has 0 bridgehead atoms. The number of carbonyl (C=O) groups excluding carboxylic acids is 3. The molecule has 2 atom stereocenters. The molecule has 2 amide bonds. The average Bonchev–Trinajstić information content (AvgIpc) is 3.53. The number of anilines is 2. The molecule has 3 aliphatic carbocycles. The van der Waals surface area contributed by atoms with Crippen LogP contribution in [0.25, 0.3) is 0 Å². The summed E-state index contributed by atoms with van der Waals surface area (Å²) in [7, 11) is 1.55. The minimum Gasteiger partial charge on any atom is -0.355 e. The highest BCUT2D eigenvalue weighted by molar-refractivity contribution is 6.07. The van der Waals surface area contributed by atoms with Crippen LogP contribution in [0.5, 0.6) is 0 Å². The van der Waals surface area contributed by atoms with Gasteiger partial charge in [-0.3, -0.25) is 14.4 Å². The predicted octanol–water partition coefficient (Wildman–Crippen LogP) is 3.44. The number of Topliss-reactive ketones (excluding diaryl/α,β-unsaturated/α-hetero) is 1. The number of pyridine rings is 1. The quantitative estimate of drug-likeness (QED) is 0.655. The normalized spacial score (nSPS) is 22.4. The van der Waals surface area contributed by atoms with Crippen molar-refractivity contribution in [3.8, 4) is 0 Å². The van der Waals surface area contributed by atoms with Crippen LogP contribution in [0.2, 0.25) is 0 Å². The van der Waals surface area contributed by atoms with Gasteiger partial charge in [-0.1, -0.05) is 39.0 Å². The highest BCUT2D eigenvalue weighted by Crippen LogP contribution is 2.40. The molecule has 0 saturated heterocycles. The van der Waals surface area contributed by atoms with Crippen molar-refractivity contribution < 1.29 is 14.4 Å². The van der Waals surface area contributed by atoms with Crippen LogP contribution in [0.1, 0.15) is 44.0 Å². The van der Waals surface area contributed by atoms with E-state index in [0.717, 1.165) is 18.4 Å². The monoisotopic (exact) mass is 420 g/mol. The van der Waals surface area contributed by atoms with E-state index in [9.17, 15) is 14.4 Å². The van der Waals surface area contributed by atoms with Crippen LogP contribution in [0.15, 0.2) is 47.3 Å². The van der Waals surface area contributed by atoms with Crippen molar-refractivity contribution in [2.45, 2.75) is 33.6 Å². The summed E-state index contributed by atoms with van der Waals surface area (Å²) in [5.41, 5.74) is 3.20. The fourth-order valence-corrected chi connectivity index (χ4v) is 4.07. The van der Waals surface area contributed by atoms with E-state index in [1.54, 1.807) is 13.1 Å². The fraction of sp³-hybridized carbons (Fsp3) is 0.417. The van der Waals surface area contributed by atoms with Crippen molar-refractivity contribution in [3.63, 3.8) is 0 Å². The number of hydrogen-bond acceptors (Lipinski definition) is 5. The number of hydrogen-bond donors (Lipinski definition) is 3. The molecule has 0 radical (unpaired) electrons. The van der Waals surface area contributed by atoms with Gasteiger partial charge in [-0.15, -0.1) is 0 Å². The van der Waals surface area contributed by atoms with Gasteiger partial charge in [0.25, 0.3) is 5.91 Å². The van der Waals surface area contributed by atoms with Crippen LogP contribution in [-0.4, -0.2) is 29.6 Å². The first-order chi connectivity index (χ1) is 14.8. The van der Waals surface area contributed by atoms with Crippen molar-refractivity contribution in [1.82, 2.24) is 10.3 Å². The van der Waals surface area contributed by atoms with Gasteiger partial charge in [0.15, 0.2) is 5.78 Å². The lowest BCUT2D eigenvalue weighted by atomic mass is 9.81. The Morgan fingerprint density at radius 3 is 2.61 bits per heavy atom. The molecule has 7 heteroatoms. The van der Waals surface area contributed by atoms with Gasteiger partial charge in [-0.05, 0) is 24.3 Å². The van der Waals surface area contributed by atoms with Crippen molar-refractivity contribution in [2.24, 2.45) is 23.7 Å². The SMILES string of the molecule is CNC(=O)c1cnc(NC(=O)C2CC2)cc1NC1=CC(C)C2=C1C(=O)C(C(C)C)C=C2. The zero-order chi connectivity index (χ0) is 22.3. The van der Waals surface area contributed by atoms with Crippen LogP contribution in [0.3, 0.4) is 0 Å². The molecular weight excluding hydrogens is 392 g/mol. The number of aromatic nitrogens is 1. The Hall–Kier alpha value is -3.22. The molecule has 0 aliphatic heterocycles. The van der Waals surface area contributed by atoms with Crippen LogP contribution >= 0.6 is 0 Å². The average molecular weight is 421 g/mol. The molecular formula is C24H28N4O3. The molecule has 7 nitrogen and oxygen atoms in total. The Morgan fingerprint density at radius 1 is 1.23 bits per heavy atom. The summed E-state index contributed by atoms with van der Waals surface area (Å²) in [6.07, 6.45) is 9.27. The largest absolute Gasteiger partial charge is 0.355 e. The number of carbonyl (C=O) groups is 3. The zero-order valence-electron chi connectivity index (χ0n) is 18.3. The maximum absolute atomic E-state index is 13.2. The summed E-state index contributed by atoms with van der Waals surface area (Å²) >= 11 is 0. The van der Waals surface area contributed by atoms with Crippen LogP contribution in [-0.2, 0) is 9.59 Å². The summed E-state index contributed by atoms with van der Waals surface area (Å²) in [4.78, 5) is 42.0. The third-order valence-corrected chi connectivity index (χ3v) is 6.06. The minimum atomic E-state index is -0.300. The van der Waals surface area contributed by atoms with E-state index in [1.165, 1.54) is 6.20 Å². The van der Waals surface area contributed by atoms with E-state index in [-0.39, 0.29) is 41.3 Å². The lowest BCUT2D eigenvalue weighted by molar-refractivity contribution is -0.119. The number of nitrogens with one attached hydrogen (secondary N) is 3. The Morgan fingerprint density at radius 2 is 1.97 bits per heavy atom. The predicted molar refractivity (Wildman–Crippen MR) is 119 cm³/mol. The van der Waals surface area contributed by atoms with Crippen molar-refractivity contribution in [3.05, 3.63) is 52.9 Å². The molecule has 162 valence electrons. The summed E-state index contributed by atoms with van der Waals surface area (Å²) < 4.78 is 0.